The number of benzene rings is 1. The molecule has 0 spiro atoms. The van der Waals surface area contributed by atoms with Crippen LogP contribution in [0.25, 0.3) is 11.3 Å². The van der Waals surface area contributed by atoms with E-state index in [1.54, 1.807) is 26.0 Å². The Kier molecular flexibility index (Phi) is 7.96. The predicted octanol–water partition coefficient (Wildman–Crippen LogP) is 5.35. The van der Waals surface area contributed by atoms with E-state index in [2.05, 4.69) is 15.3 Å². The zero-order valence-corrected chi connectivity index (χ0v) is 22.0. The molecule has 40 heavy (non-hydrogen) atoms. The Labute approximate surface area is 226 Å². The molecule has 1 N–H and O–H groups in total. The van der Waals surface area contributed by atoms with Crippen LogP contribution in [0.3, 0.4) is 0 Å². The molecule has 7 nitrogen and oxygen atoms in total. The summed E-state index contributed by atoms with van der Waals surface area (Å²) in [7, 11) is -4.07. The van der Waals surface area contributed by atoms with Crippen molar-refractivity contribution >= 4 is 15.9 Å². The van der Waals surface area contributed by atoms with Gasteiger partial charge in [0.1, 0.15) is 11.7 Å². The van der Waals surface area contributed by atoms with Crippen LogP contribution in [-0.2, 0) is 33.7 Å². The van der Waals surface area contributed by atoms with Crippen LogP contribution in [0.2, 0.25) is 0 Å². The van der Waals surface area contributed by atoms with Crippen LogP contribution in [0.1, 0.15) is 42.1 Å². The van der Waals surface area contributed by atoms with Crippen LogP contribution in [0, 0.1) is 6.92 Å². The van der Waals surface area contributed by atoms with E-state index < -0.39 is 63.7 Å². The van der Waals surface area contributed by atoms with Gasteiger partial charge in [0.05, 0.1) is 16.2 Å². The maximum absolute atomic E-state index is 13.7. The summed E-state index contributed by atoms with van der Waals surface area (Å²) in [5, 5.41) is 2.41. The van der Waals surface area contributed by atoms with Crippen molar-refractivity contribution in [2.24, 2.45) is 0 Å². The van der Waals surface area contributed by atoms with Crippen LogP contribution in [-0.4, -0.2) is 40.7 Å². The summed E-state index contributed by atoms with van der Waals surface area (Å²) in [4.78, 5) is 20.1. The highest BCUT2D eigenvalue weighted by Crippen LogP contribution is 2.35. The van der Waals surface area contributed by atoms with Crippen molar-refractivity contribution in [1.82, 2.24) is 19.6 Å². The number of nitrogens with zero attached hydrogens (tertiary/aromatic N) is 3. The molecule has 1 amide bonds. The molecule has 214 valence electrons. The molecule has 1 aromatic carbocycles. The summed E-state index contributed by atoms with van der Waals surface area (Å²) in [6.45, 7) is 2.81. The predicted molar refractivity (Wildman–Crippen MR) is 132 cm³/mol. The molecule has 3 aromatic rings. The molecule has 2 atom stereocenters. The highest BCUT2D eigenvalue weighted by Gasteiger charge is 2.44. The van der Waals surface area contributed by atoms with Crippen LogP contribution in [0.4, 0.5) is 26.3 Å². The van der Waals surface area contributed by atoms with Gasteiger partial charge in [0.2, 0.25) is 15.9 Å². The lowest BCUT2D eigenvalue weighted by Gasteiger charge is -2.27. The lowest BCUT2D eigenvalue weighted by molar-refractivity contribution is -0.141. The zero-order chi connectivity index (χ0) is 29.5. The Morgan fingerprint density at radius 1 is 0.975 bits per heavy atom. The average molecular weight is 587 g/mol. The van der Waals surface area contributed by atoms with E-state index in [0.29, 0.717) is 18.7 Å². The molecule has 1 aliphatic heterocycles. The fourth-order valence-corrected chi connectivity index (χ4v) is 6.35. The van der Waals surface area contributed by atoms with Gasteiger partial charge in [0.25, 0.3) is 0 Å². The minimum atomic E-state index is -4.84. The topological polar surface area (TPSA) is 92.3 Å². The maximum Gasteiger partial charge on any atom is 0.433 e. The molecule has 0 bridgehead atoms. The van der Waals surface area contributed by atoms with Crippen molar-refractivity contribution in [3.05, 3.63) is 77.2 Å². The van der Waals surface area contributed by atoms with Gasteiger partial charge in [-0.05, 0) is 62.6 Å². The van der Waals surface area contributed by atoms with Crippen LogP contribution >= 0.6 is 0 Å². The molecular weight excluding hydrogens is 562 g/mol. The van der Waals surface area contributed by atoms with Gasteiger partial charge in [0, 0.05) is 30.5 Å². The molecule has 4 rings (SSSR count). The van der Waals surface area contributed by atoms with Gasteiger partial charge in [0.15, 0.2) is 0 Å². The van der Waals surface area contributed by atoms with Crippen molar-refractivity contribution in [1.29, 1.82) is 0 Å². The first-order valence-corrected chi connectivity index (χ1v) is 13.5. The van der Waals surface area contributed by atoms with Crippen molar-refractivity contribution < 1.29 is 39.6 Å². The van der Waals surface area contributed by atoms with Gasteiger partial charge in [-0.1, -0.05) is 17.7 Å². The Morgan fingerprint density at radius 2 is 1.65 bits per heavy atom. The third-order valence-electron chi connectivity index (χ3n) is 6.60. The van der Waals surface area contributed by atoms with Gasteiger partial charge in [-0.2, -0.15) is 30.6 Å². The SMILES string of the molecule is Cc1ccc(S(=O)(=O)N2C(C)CCC2C(=O)NCc2cc(-c3ccc(C(F)(F)F)nc3)ncc2C(F)(F)F)cc1. The van der Waals surface area contributed by atoms with Crippen LogP contribution in [0.5, 0.6) is 0 Å². The third kappa shape index (κ3) is 6.12. The molecule has 3 heterocycles. The lowest BCUT2D eigenvalue weighted by atomic mass is 10.1. The standard InChI is InChI=1S/C26H24F6N4O3S/c1-15-3-7-19(8-4-15)40(38,39)36-16(2)5-9-22(36)24(37)35-13-18-11-21(33-14-20(18)25(27,28)29)17-6-10-23(34-12-17)26(30,31)32/h3-4,6-8,10-12,14,16,22H,5,9,13H2,1-2H3,(H,35,37). The molecule has 1 saturated heterocycles. The fraction of sp³-hybridized carbons (Fsp3) is 0.346. The molecule has 1 fully saturated rings. The van der Waals surface area contributed by atoms with E-state index in [9.17, 15) is 39.6 Å². The number of carbonyl (C=O) groups excluding carboxylic acids is 1. The number of rotatable bonds is 6. The van der Waals surface area contributed by atoms with Crippen molar-refractivity contribution in [3.8, 4) is 11.3 Å². The van der Waals surface area contributed by atoms with E-state index in [0.717, 1.165) is 28.2 Å². The molecule has 0 aliphatic carbocycles. The molecule has 2 aromatic heterocycles. The summed E-state index contributed by atoms with van der Waals surface area (Å²) < 4.78 is 107. The summed E-state index contributed by atoms with van der Waals surface area (Å²) in [6.07, 6.45) is -7.62. The number of amides is 1. The van der Waals surface area contributed by atoms with Crippen molar-refractivity contribution in [2.75, 3.05) is 0 Å². The quantitative estimate of drug-likeness (QED) is 0.394. The fourth-order valence-electron chi connectivity index (χ4n) is 4.51. The summed E-state index contributed by atoms with van der Waals surface area (Å²) in [5.74, 6) is -0.775. The van der Waals surface area contributed by atoms with E-state index in [-0.39, 0.29) is 22.6 Å². The average Bonchev–Trinajstić information content (AvgIpc) is 3.28. The number of pyridine rings is 2. The van der Waals surface area contributed by atoms with Crippen LogP contribution < -0.4 is 5.32 Å². The minimum Gasteiger partial charge on any atom is -0.351 e. The van der Waals surface area contributed by atoms with Gasteiger partial charge < -0.3 is 5.32 Å². The van der Waals surface area contributed by atoms with E-state index in [4.69, 9.17) is 0 Å². The van der Waals surface area contributed by atoms with Crippen molar-refractivity contribution in [2.45, 2.75) is 62.6 Å². The number of carbonyl (C=O) groups is 1. The number of sulfonamides is 1. The third-order valence-corrected chi connectivity index (χ3v) is 8.63. The van der Waals surface area contributed by atoms with Crippen molar-refractivity contribution in [3.63, 3.8) is 0 Å². The summed E-state index contributed by atoms with van der Waals surface area (Å²) in [6, 6.07) is 7.14. The molecule has 1 aliphatic rings. The number of hydrogen-bond donors (Lipinski definition) is 1. The Hall–Kier alpha value is -3.52. The second-order valence-electron chi connectivity index (χ2n) is 9.46. The number of nitrogens with one attached hydrogen (secondary N) is 1. The largest absolute Gasteiger partial charge is 0.433 e. The molecule has 14 heteroatoms. The molecule has 2 unspecified atom stereocenters. The highest BCUT2D eigenvalue weighted by molar-refractivity contribution is 7.89. The number of aryl methyl sites for hydroxylation is 1. The summed E-state index contributed by atoms with van der Waals surface area (Å²) in [5.41, 5.74) is -1.94. The zero-order valence-electron chi connectivity index (χ0n) is 21.2. The number of aromatic nitrogens is 2. The molecule has 0 radical (unpaired) electrons. The van der Waals surface area contributed by atoms with Gasteiger partial charge in [-0.25, -0.2) is 8.42 Å². The first-order chi connectivity index (χ1) is 18.6. The van der Waals surface area contributed by atoms with E-state index in [1.165, 1.54) is 12.1 Å². The minimum absolute atomic E-state index is 0.00654. The van der Waals surface area contributed by atoms with Crippen LogP contribution in [0.15, 0.2) is 59.8 Å². The normalized spacial score (nSPS) is 18.6. The Morgan fingerprint density at radius 3 is 2.23 bits per heavy atom. The second kappa shape index (κ2) is 10.8. The smallest absolute Gasteiger partial charge is 0.351 e. The second-order valence-corrected chi connectivity index (χ2v) is 11.3. The maximum atomic E-state index is 13.7. The number of hydrogen-bond acceptors (Lipinski definition) is 5. The van der Waals surface area contributed by atoms with E-state index >= 15 is 0 Å². The first-order valence-electron chi connectivity index (χ1n) is 12.1. The number of alkyl halides is 6. The lowest BCUT2D eigenvalue weighted by Crippen LogP contribution is -2.48. The number of halogens is 6. The first kappa shape index (κ1) is 29.5. The Balaban J connectivity index is 1.59. The monoisotopic (exact) mass is 586 g/mol. The van der Waals surface area contributed by atoms with Gasteiger partial charge >= 0.3 is 12.4 Å². The summed E-state index contributed by atoms with van der Waals surface area (Å²) >= 11 is 0. The molecular formula is C26H24F6N4O3S. The van der Waals surface area contributed by atoms with E-state index in [1.807, 2.05) is 0 Å². The van der Waals surface area contributed by atoms with Gasteiger partial charge in [-0.15, -0.1) is 0 Å². The molecule has 0 saturated carbocycles. The highest BCUT2D eigenvalue weighted by atomic mass is 32.2. The Bertz CT molecular complexity index is 1490. The van der Waals surface area contributed by atoms with Gasteiger partial charge in [-0.3, -0.25) is 14.8 Å².